The van der Waals surface area contributed by atoms with Gasteiger partial charge in [-0.25, -0.2) is 9.97 Å². The summed E-state index contributed by atoms with van der Waals surface area (Å²) in [6, 6.07) is 15.0. The third-order valence-electron chi connectivity index (χ3n) is 3.90. The van der Waals surface area contributed by atoms with Gasteiger partial charge in [0.25, 0.3) is 5.91 Å². The zero-order valence-electron chi connectivity index (χ0n) is 15.4. The first-order chi connectivity index (χ1) is 13.0. The molecule has 0 bridgehead atoms. The van der Waals surface area contributed by atoms with Gasteiger partial charge >= 0.3 is 0 Å². The van der Waals surface area contributed by atoms with E-state index in [1.165, 1.54) is 12.4 Å². The van der Waals surface area contributed by atoms with Crippen LogP contribution in [0.2, 0.25) is 0 Å². The summed E-state index contributed by atoms with van der Waals surface area (Å²) in [4.78, 5) is 22.7. The molecule has 27 heavy (non-hydrogen) atoms. The number of benzene rings is 2. The molecule has 0 saturated heterocycles. The molecule has 0 saturated carbocycles. The first kappa shape index (κ1) is 18.2. The standard InChI is InChI=1S/C20H21N5O2/c1-25(2)17-8-4-16(5-9-17)24-20-21-12-14(13-22-20)19(26)23-15-6-10-18(27-3)11-7-15/h4-13H,1-3H3,(H,23,26)(H,21,22,24). The van der Waals surface area contributed by atoms with Gasteiger partial charge in [-0.2, -0.15) is 0 Å². The Morgan fingerprint density at radius 3 is 2.07 bits per heavy atom. The fraction of sp³-hybridized carbons (Fsp3) is 0.150. The number of aromatic nitrogens is 2. The largest absolute Gasteiger partial charge is 0.497 e. The van der Waals surface area contributed by atoms with Crippen LogP contribution in [0.4, 0.5) is 23.0 Å². The number of anilines is 4. The van der Waals surface area contributed by atoms with Crippen molar-refractivity contribution in [1.29, 1.82) is 0 Å². The maximum Gasteiger partial charge on any atom is 0.258 e. The van der Waals surface area contributed by atoms with Gasteiger partial charge in [-0.05, 0) is 48.5 Å². The molecule has 2 aromatic carbocycles. The Balaban J connectivity index is 1.62. The molecule has 0 spiro atoms. The smallest absolute Gasteiger partial charge is 0.258 e. The van der Waals surface area contributed by atoms with Crippen molar-refractivity contribution < 1.29 is 9.53 Å². The molecule has 1 amide bonds. The van der Waals surface area contributed by atoms with Gasteiger partial charge in [-0.3, -0.25) is 4.79 Å². The van der Waals surface area contributed by atoms with E-state index >= 15 is 0 Å². The van der Waals surface area contributed by atoms with Gasteiger partial charge in [0, 0.05) is 43.6 Å². The van der Waals surface area contributed by atoms with E-state index in [4.69, 9.17) is 4.74 Å². The lowest BCUT2D eigenvalue weighted by Crippen LogP contribution is -2.13. The molecule has 0 fully saturated rings. The van der Waals surface area contributed by atoms with Crippen LogP contribution in [0.1, 0.15) is 10.4 Å². The van der Waals surface area contributed by atoms with E-state index in [1.54, 1.807) is 31.4 Å². The molecule has 1 heterocycles. The number of carbonyl (C=O) groups is 1. The highest BCUT2D eigenvalue weighted by Gasteiger charge is 2.08. The van der Waals surface area contributed by atoms with Crippen molar-refractivity contribution >= 4 is 28.9 Å². The van der Waals surface area contributed by atoms with Crippen molar-refractivity contribution in [3.63, 3.8) is 0 Å². The second-order valence-electron chi connectivity index (χ2n) is 6.04. The summed E-state index contributed by atoms with van der Waals surface area (Å²) < 4.78 is 5.10. The van der Waals surface area contributed by atoms with Crippen LogP contribution in [0.25, 0.3) is 0 Å². The van der Waals surface area contributed by atoms with E-state index in [0.29, 0.717) is 17.2 Å². The first-order valence-electron chi connectivity index (χ1n) is 8.37. The summed E-state index contributed by atoms with van der Waals surface area (Å²) in [6.07, 6.45) is 2.98. The Labute approximate surface area is 158 Å². The van der Waals surface area contributed by atoms with E-state index < -0.39 is 0 Å². The van der Waals surface area contributed by atoms with Crippen LogP contribution in [0.15, 0.2) is 60.9 Å². The topological polar surface area (TPSA) is 79.4 Å². The molecule has 3 aromatic rings. The lowest BCUT2D eigenvalue weighted by Gasteiger charge is -2.13. The number of nitrogens with one attached hydrogen (secondary N) is 2. The molecular formula is C20H21N5O2. The van der Waals surface area contributed by atoms with Crippen LogP contribution in [-0.2, 0) is 0 Å². The number of nitrogens with zero attached hydrogens (tertiary/aromatic N) is 3. The summed E-state index contributed by atoms with van der Waals surface area (Å²) in [5.41, 5.74) is 3.02. The second-order valence-corrected chi connectivity index (χ2v) is 6.04. The Morgan fingerprint density at radius 2 is 1.52 bits per heavy atom. The third kappa shape index (κ3) is 4.72. The predicted octanol–water partition coefficient (Wildman–Crippen LogP) is 3.55. The highest BCUT2D eigenvalue weighted by atomic mass is 16.5. The lowest BCUT2D eigenvalue weighted by atomic mass is 10.2. The van der Waals surface area contributed by atoms with E-state index in [0.717, 1.165) is 17.1 Å². The maximum absolute atomic E-state index is 12.3. The number of methoxy groups -OCH3 is 1. The molecular weight excluding hydrogens is 342 g/mol. The molecule has 1 aromatic heterocycles. The number of hydrogen-bond acceptors (Lipinski definition) is 6. The molecule has 0 unspecified atom stereocenters. The molecule has 0 aliphatic carbocycles. The number of rotatable bonds is 6. The summed E-state index contributed by atoms with van der Waals surface area (Å²) in [5.74, 6) is 0.876. The van der Waals surface area contributed by atoms with E-state index in [1.807, 2.05) is 43.3 Å². The second kappa shape index (κ2) is 8.18. The van der Waals surface area contributed by atoms with Crippen LogP contribution in [-0.4, -0.2) is 37.1 Å². The Bertz CT molecular complexity index is 891. The first-order valence-corrected chi connectivity index (χ1v) is 8.37. The van der Waals surface area contributed by atoms with Gasteiger partial charge < -0.3 is 20.3 Å². The molecule has 7 heteroatoms. The van der Waals surface area contributed by atoms with Crippen LogP contribution in [0.3, 0.4) is 0 Å². The minimum Gasteiger partial charge on any atom is -0.497 e. The molecule has 0 aliphatic heterocycles. The molecule has 3 rings (SSSR count). The minimum atomic E-state index is -0.276. The van der Waals surface area contributed by atoms with Gasteiger partial charge in [-0.1, -0.05) is 0 Å². The van der Waals surface area contributed by atoms with Gasteiger partial charge in [0.15, 0.2) is 0 Å². The van der Waals surface area contributed by atoms with Crippen LogP contribution < -0.4 is 20.3 Å². The van der Waals surface area contributed by atoms with Gasteiger partial charge in [0.2, 0.25) is 5.95 Å². The number of amides is 1. The molecule has 138 valence electrons. The Hall–Kier alpha value is -3.61. The molecule has 0 aliphatic rings. The molecule has 0 radical (unpaired) electrons. The number of hydrogen-bond donors (Lipinski definition) is 2. The minimum absolute atomic E-state index is 0.276. The Kier molecular flexibility index (Phi) is 5.51. The lowest BCUT2D eigenvalue weighted by molar-refractivity contribution is 0.102. The van der Waals surface area contributed by atoms with Crippen LogP contribution in [0, 0.1) is 0 Å². The molecule has 7 nitrogen and oxygen atoms in total. The van der Waals surface area contributed by atoms with Crippen molar-refractivity contribution in [1.82, 2.24) is 9.97 Å². The third-order valence-corrected chi connectivity index (χ3v) is 3.90. The summed E-state index contributed by atoms with van der Waals surface area (Å²) in [7, 11) is 5.57. The molecule has 2 N–H and O–H groups in total. The van der Waals surface area contributed by atoms with E-state index in [-0.39, 0.29) is 5.91 Å². The summed E-state index contributed by atoms with van der Waals surface area (Å²) >= 11 is 0. The van der Waals surface area contributed by atoms with Crippen molar-refractivity contribution in [3.05, 3.63) is 66.5 Å². The number of ether oxygens (including phenoxy) is 1. The summed E-state index contributed by atoms with van der Waals surface area (Å²) in [6.45, 7) is 0. The fourth-order valence-electron chi connectivity index (χ4n) is 2.36. The fourth-order valence-corrected chi connectivity index (χ4v) is 2.36. The molecule has 0 atom stereocenters. The van der Waals surface area contributed by atoms with Gasteiger partial charge in [0.1, 0.15) is 5.75 Å². The predicted molar refractivity (Wildman–Crippen MR) is 107 cm³/mol. The average Bonchev–Trinajstić information content (AvgIpc) is 2.69. The Morgan fingerprint density at radius 1 is 0.926 bits per heavy atom. The van der Waals surface area contributed by atoms with Crippen molar-refractivity contribution in [2.75, 3.05) is 36.7 Å². The quantitative estimate of drug-likeness (QED) is 0.697. The SMILES string of the molecule is COc1ccc(NC(=O)c2cnc(Nc3ccc(N(C)C)cc3)nc2)cc1. The van der Waals surface area contributed by atoms with Crippen LogP contribution in [0.5, 0.6) is 5.75 Å². The zero-order valence-corrected chi connectivity index (χ0v) is 15.4. The van der Waals surface area contributed by atoms with Crippen molar-refractivity contribution in [3.8, 4) is 5.75 Å². The van der Waals surface area contributed by atoms with Gasteiger partial charge in [-0.15, -0.1) is 0 Å². The normalized spacial score (nSPS) is 10.2. The monoisotopic (exact) mass is 363 g/mol. The zero-order chi connectivity index (χ0) is 19.2. The van der Waals surface area contributed by atoms with Crippen molar-refractivity contribution in [2.45, 2.75) is 0 Å². The number of carbonyl (C=O) groups excluding carboxylic acids is 1. The van der Waals surface area contributed by atoms with Crippen molar-refractivity contribution in [2.24, 2.45) is 0 Å². The highest BCUT2D eigenvalue weighted by molar-refractivity contribution is 6.03. The summed E-state index contributed by atoms with van der Waals surface area (Å²) in [5, 5.41) is 5.91. The van der Waals surface area contributed by atoms with E-state index in [9.17, 15) is 4.79 Å². The van der Waals surface area contributed by atoms with Crippen LogP contribution >= 0.6 is 0 Å². The maximum atomic E-state index is 12.3. The average molecular weight is 363 g/mol. The highest BCUT2D eigenvalue weighted by Crippen LogP contribution is 2.19. The van der Waals surface area contributed by atoms with Gasteiger partial charge in [0.05, 0.1) is 12.7 Å². The van der Waals surface area contributed by atoms with E-state index in [2.05, 4.69) is 20.6 Å².